The van der Waals surface area contributed by atoms with Gasteiger partial charge in [-0.2, -0.15) is 0 Å². The molecule has 2 N–H and O–H groups in total. The fourth-order valence-corrected chi connectivity index (χ4v) is 2.42. The van der Waals surface area contributed by atoms with Crippen LogP contribution in [0.15, 0.2) is 66.9 Å². The number of rotatable bonds is 5. The van der Waals surface area contributed by atoms with E-state index >= 15 is 0 Å². The second-order valence-corrected chi connectivity index (χ2v) is 5.61. The van der Waals surface area contributed by atoms with E-state index in [-0.39, 0.29) is 5.91 Å². The van der Waals surface area contributed by atoms with Gasteiger partial charge in [0.15, 0.2) is 0 Å². The lowest BCUT2D eigenvalue weighted by Crippen LogP contribution is -2.13. The van der Waals surface area contributed by atoms with Crippen LogP contribution in [0.4, 0.5) is 17.1 Å². The molecule has 5 nitrogen and oxygen atoms in total. The minimum atomic E-state index is -0.277. The van der Waals surface area contributed by atoms with E-state index in [2.05, 4.69) is 15.6 Å². The van der Waals surface area contributed by atoms with Crippen LogP contribution in [-0.2, 0) is 0 Å². The summed E-state index contributed by atoms with van der Waals surface area (Å²) >= 11 is 0. The first-order valence-corrected chi connectivity index (χ1v) is 7.89. The minimum Gasteiger partial charge on any atom is -0.497 e. The molecule has 0 saturated carbocycles. The Kier molecular flexibility index (Phi) is 4.95. The van der Waals surface area contributed by atoms with Gasteiger partial charge in [-0.25, -0.2) is 0 Å². The molecule has 126 valence electrons. The highest BCUT2D eigenvalue weighted by molar-refractivity contribution is 6.03. The van der Waals surface area contributed by atoms with Crippen LogP contribution in [-0.4, -0.2) is 18.0 Å². The molecule has 3 rings (SSSR count). The normalized spacial score (nSPS) is 10.2. The molecule has 0 radical (unpaired) electrons. The third kappa shape index (κ3) is 4.35. The number of benzene rings is 2. The zero-order chi connectivity index (χ0) is 17.6. The highest BCUT2D eigenvalue weighted by Crippen LogP contribution is 2.20. The highest BCUT2D eigenvalue weighted by Gasteiger charge is 2.09. The molecule has 0 spiro atoms. The van der Waals surface area contributed by atoms with Crippen LogP contribution in [0.3, 0.4) is 0 Å². The number of methoxy groups -OCH3 is 1. The van der Waals surface area contributed by atoms with Gasteiger partial charge in [-0.15, -0.1) is 0 Å². The number of pyridine rings is 1. The van der Waals surface area contributed by atoms with Crippen molar-refractivity contribution in [3.63, 3.8) is 0 Å². The molecule has 1 aromatic heterocycles. The van der Waals surface area contributed by atoms with Crippen LogP contribution in [0.25, 0.3) is 0 Å². The number of hydrogen-bond acceptors (Lipinski definition) is 4. The summed E-state index contributed by atoms with van der Waals surface area (Å²) < 4.78 is 5.16. The van der Waals surface area contributed by atoms with E-state index in [9.17, 15) is 4.79 Å². The van der Waals surface area contributed by atoms with Gasteiger partial charge in [-0.1, -0.05) is 18.2 Å². The standard InChI is InChI=1S/C20H19N3O2/c1-14-5-3-6-15(11-14)22-17-9-10-21-19(13-17)20(24)23-16-7-4-8-18(12-16)25-2/h3-13H,1-2H3,(H,21,22)(H,23,24). The summed E-state index contributed by atoms with van der Waals surface area (Å²) in [6.07, 6.45) is 1.61. The average Bonchev–Trinajstić information content (AvgIpc) is 2.62. The van der Waals surface area contributed by atoms with Crippen molar-refractivity contribution in [2.75, 3.05) is 17.7 Å². The molecule has 0 atom stereocenters. The second kappa shape index (κ2) is 7.49. The summed E-state index contributed by atoms with van der Waals surface area (Å²) in [5, 5.41) is 6.11. The molecule has 3 aromatic rings. The van der Waals surface area contributed by atoms with E-state index in [1.54, 1.807) is 31.5 Å². The Morgan fingerprint density at radius 1 is 0.960 bits per heavy atom. The van der Waals surface area contributed by atoms with E-state index in [0.717, 1.165) is 16.9 Å². The Balaban J connectivity index is 1.75. The summed E-state index contributed by atoms with van der Waals surface area (Å²) in [5.41, 5.74) is 3.92. The van der Waals surface area contributed by atoms with E-state index in [0.29, 0.717) is 17.1 Å². The minimum absolute atomic E-state index is 0.277. The van der Waals surface area contributed by atoms with Crippen molar-refractivity contribution >= 4 is 23.0 Å². The summed E-state index contributed by atoms with van der Waals surface area (Å²) in [6.45, 7) is 2.03. The van der Waals surface area contributed by atoms with Gasteiger partial charge in [-0.3, -0.25) is 9.78 Å². The number of ether oxygens (including phenoxy) is 1. The number of aryl methyl sites for hydroxylation is 1. The highest BCUT2D eigenvalue weighted by atomic mass is 16.5. The van der Waals surface area contributed by atoms with Gasteiger partial charge < -0.3 is 15.4 Å². The first-order chi connectivity index (χ1) is 12.1. The maximum atomic E-state index is 12.4. The summed E-state index contributed by atoms with van der Waals surface area (Å²) in [6, 6.07) is 18.8. The molecular weight excluding hydrogens is 314 g/mol. The molecule has 0 aliphatic heterocycles. The molecule has 1 amide bonds. The molecule has 0 bridgehead atoms. The second-order valence-electron chi connectivity index (χ2n) is 5.61. The Morgan fingerprint density at radius 2 is 1.72 bits per heavy atom. The number of nitrogens with zero attached hydrogens (tertiary/aromatic N) is 1. The first kappa shape index (κ1) is 16.5. The maximum Gasteiger partial charge on any atom is 0.274 e. The van der Waals surface area contributed by atoms with E-state index in [4.69, 9.17) is 4.74 Å². The van der Waals surface area contributed by atoms with Gasteiger partial charge in [0.25, 0.3) is 5.91 Å². The average molecular weight is 333 g/mol. The van der Waals surface area contributed by atoms with E-state index < -0.39 is 0 Å². The van der Waals surface area contributed by atoms with Gasteiger partial charge in [0, 0.05) is 29.3 Å². The van der Waals surface area contributed by atoms with Crippen LogP contribution in [0.2, 0.25) is 0 Å². The fourth-order valence-electron chi connectivity index (χ4n) is 2.42. The number of amides is 1. The predicted octanol–water partition coefficient (Wildman–Crippen LogP) is 4.39. The number of carbonyl (C=O) groups excluding carboxylic acids is 1. The van der Waals surface area contributed by atoms with Crippen LogP contribution in [0.5, 0.6) is 5.75 Å². The van der Waals surface area contributed by atoms with E-state index in [1.807, 2.05) is 49.4 Å². The molecule has 0 aliphatic carbocycles. The summed E-state index contributed by atoms with van der Waals surface area (Å²) in [5.74, 6) is 0.404. The molecule has 1 heterocycles. The maximum absolute atomic E-state index is 12.4. The van der Waals surface area contributed by atoms with Crippen LogP contribution in [0.1, 0.15) is 16.1 Å². The lowest BCUT2D eigenvalue weighted by atomic mass is 10.2. The third-order valence-electron chi connectivity index (χ3n) is 3.63. The monoisotopic (exact) mass is 333 g/mol. The van der Waals surface area contributed by atoms with Crippen LogP contribution >= 0.6 is 0 Å². The SMILES string of the molecule is COc1cccc(NC(=O)c2cc(Nc3cccc(C)c3)ccn2)c1. The first-order valence-electron chi connectivity index (χ1n) is 7.89. The van der Waals surface area contributed by atoms with Crippen molar-refractivity contribution in [2.45, 2.75) is 6.92 Å². The largest absolute Gasteiger partial charge is 0.497 e. The van der Waals surface area contributed by atoms with E-state index in [1.165, 1.54) is 0 Å². The molecule has 0 aliphatic rings. The van der Waals surface area contributed by atoms with Gasteiger partial charge >= 0.3 is 0 Å². The van der Waals surface area contributed by atoms with Gasteiger partial charge in [0.05, 0.1) is 7.11 Å². The molecular formula is C20H19N3O2. The predicted molar refractivity (Wildman–Crippen MR) is 99.6 cm³/mol. The summed E-state index contributed by atoms with van der Waals surface area (Å²) in [7, 11) is 1.59. The smallest absolute Gasteiger partial charge is 0.274 e. The number of aromatic nitrogens is 1. The molecule has 2 aromatic carbocycles. The fraction of sp³-hybridized carbons (Fsp3) is 0.100. The van der Waals surface area contributed by atoms with Gasteiger partial charge in [0.1, 0.15) is 11.4 Å². The third-order valence-corrected chi connectivity index (χ3v) is 3.63. The molecule has 5 heteroatoms. The Labute approximate surface area is 146 Å². The number of nitrogens with one attached hydrogen (secondary N) is 2. The van der Waals surface area contributed by atoms with Crippen molar-refractivity contribution in [3.05, 3.63) is 78.1 Å². The Morgan fingerprint density at radius 3 is 2.52 bits per heavy atom. The van der Waals surface area contributed by atoms with Gasteiger partial charge in [-0.05, 0) is 48.9 Å². The zero-order valence-electron chi connectivity index (χ0n) is 14.1. The van der Waals surface area contributed by atoms with Crippen LogP contribution in [0, 0.1) is 6.92 Å². The zero-order valence-corrected chi connectivity index (χ0v) is 14.1. The number of anilines is 3. The van der Waals surface area contributed by atoms with Crippen molar-refractivity contribution < 1.29 is 9.53 Å². The van der Waals surface area contributed by atoms with Crippen molar-refractivity contribution in [2.24, 2.45) is 0 Å². The Hall–Kier alpha value is -3.34. The lowest BCUT2D eigenvalue weighted by Gasteiger charge is -2.09. The molecule has 25 heavy (non-hydrogen) atoms. The number of hydrogen-bond donors (Lipinski definition) is 2. The van der Waals surface area contributed by atoms with Crippen molar-refractivity contribution in [3.8, 4) is 5.75 Å². The Bertz CT molecular complexity index is 893. The lowest BCUT2D eigenvalue weighted by molar-refractivity contribution is 0.102. The van der Waals surface area contributed by atoms with Crippen molar-refractivity contribution in [1.29, 1.82) is 0 Å². The molecule has 0 saturated heterocycles. The molecule has 0 unspecified atom stereocenters. The number of carbonyl (C=O) groups is 1. The van der Waals surface area contributed by atoms with Gasteiger partial charge in [0.2, 0.25) is 0 Å². The van der Waals surface area contributed by atoms with Crippen LogP contribution < -0.4 is 15.4 Å². The summed E-state index contributed by atoms with van der Waals surface area (Å²) in [4.78, 5) is 16.6. The quantitative estimate of drug-likeness (QED) is 0.727. The van der Waals surface area contributed by atoms with Crippen molar-refractivity contribution in [1.82, 2.24) is 4.98 Å². The molecule has 0 fully saturated rings. The topological polar surface area (TPSA) is 63.2 Å².